The largest absolute Gasteiger partial charge is 0.456 e. The van der Waals surface area contributed by atoms with Crippen LogP contribution >= 0.6 is 0 Å². The fraction of sp³-hybridized carbons (Fsp3) is 0.167. The Morgan fingerprint density at radius 2 is 1.45 bits per heavy atom. The van der Waals surface area contributed by atoms with Crippen molar-refractivity contribution in [2.24, 2.45) is 11.3 Å². The Morgan fingerprint density at radius 1 is 0.655 bits per heavy atom. The Bertz CT molecular complexity index is 3080. The molecule has 4 heteroatoms. The smallest absolute Gasteiger partial charge is 0.165 e. The predicted molar refractivity (Wildman–Crippen MR) is 240 cm³/mol. The van der Waals surface area contributed by atoms with Crippen LogP contribution in [-0.2, 0) is 11.8 Å². The summed E-state index contributed by atoms with van der Waals surface area (Å²) in [5.41, 5.74) is 11.9. The molecule has 0 saturated heterocycles. The summed E-state index contributed by atoms with van der Waals surface area (Å²) in [6.07, 6.45) is 27.7. The zero-order valence-corrected chi connectivity index (χ0v) is 33.0. The highest BCUT2D eigenvalue weighted by Crippen LogP contribution is 2.45. The van der Waals surface area contributed by atoms with E-state index < -0.39 is 0 Å². The van der Waals surface area contributed by atoms with Crippen molar-refractivity contribution in [3.8, 4) is 22.8 Å². The van der Waals surface area contributed by atoms with Crippen molar-refractivity contribution in [3.05, 3.63) is 191 Å². The molecule has 0 spiro atoms. The summed E-state index contributed by atoms with van der Waals surface area (Å²) in [6.45, 7) is 6.90. The molecule has 0 N–H and O–H groups in total. The standard InChI is InChI=1S/C54H43N3O/c1-34-16-17-35-18-19-36-20-21-38(33-45(36)44(35)31-34)50-55-51(39-26-30-53(2)27-10-9-13-41(53)32-39)57-52(56-50)49-42(22-23-47-48(49)43-14-7-8-15-46(43)58-47)37-24-28-54(3,29-25-37)40-11-5-4-6-12-40/h4-28,32-34H,29-31H2,1-3H3. The fourth-order valence-corrected chi connectivity index (χ4v) is 9.40. The SMILES string of the molecule is CC1C=Cc2ccc3ccc(-c4nc(C5=CCC6(C)C=CC=CC6=C5)nc(-c5c(C6=CCC(C)(c7ccccc7)C=C6)ccc6oc7ccccc7c56)n4)cc3c2C1. The highest BCUT2D eigenvalue weighted by Gasteiger charge is 2.31. The highest BCUT2D eigenvalue weighted by molar-refractivity contribution is 6.14. The molecule has 0 fully saturated rings. The third kappa shape index (κ3) is 5.69. The van der Waals surface area contributed by atoms with Gasteiger partial charge in [-0.25, -0.2) is 15.0 Å². The first-order valence-corrected chi connectivity index (χ1v) is 20.5. The number of nitrogens with zero attached hydrogens (tertiary/aromatic N) is 3. The van der Waals surface area contributed by atoms with E-state index in [4.69, 9.17) is 19.4 Å². The molecule has 3 unspecified atom stereocenters. The Kier molecular flexibility index (Phi) is 7.88. The van der Waals surface area contributed by atoms with Gasteiger partial charge >= 0.3 is 0 Å². The predicted octanol–water partition coefficient (Wildman–Crippen LogP) is 13.6. The zero-order chi connectivity index (χ0) is 39.0. The van der Waals surface area contributed by atoms with Gasteiger partial charge in [-0.1, -0.05) is 154 Å². The molecule has 0 bridgehead atoms. The number of hydrogen-bond acceptors (Lipinski definition) is 4. The van der Waals surface area contributed by atoms with Crippen LogP contribution in [0.4, 0.5) is 0 Å². The van der Waals surface area contributed by atoms with Gasteiger partial charge in [0.05, 0.1) is 0 Å². The minimum atomic E-state index is -0.105. The van der Waals surface area contributed by atoms with Crippen LogP contribution in [0.5, 0.6) is 0 Å². The molecule has 4 nitrogen and oxygen atoms in total. The number of allylic oxidation sites excluding steroid dienone is 13. The Balaban J connectivity index is 1.15. The first-order valence-electron chi connectivity index (χ1n) is 20.5. The van der Waals surface area contributed by atoms with Gasteiger partial charge in [-0.2, -0.15) is 0 Å². The number of furan rings is 1. The third-order valence-electron chi connectivity index (χ3n) is 12.9. The van der Waals surface area contributed by atoms with Crippen molar-refractivity contribution >= 4 is 49.9 Å². The van der Waals surface area contributed by atoms with E-state index in [0.717, 1.165) is 69.0 Å². The first-order chi connectivity index (χ1) is 28.3. The van der Waals surface area contributed by atoms with E-state index in [0.29, 0.717) is 23.4 Å². The molecule has 5 aromatic carbocycles. The van der Waals surface area contributed by atoms with Crippen LogP contribution in [0.15, 0.2) is 168 Å². The maximum Gasteiger partial charge on any atom is 0.165 e. The van der Waals surface area contributed by atoms with Gasteiger partial charge in [0.1, 0.15) is 11.2 Å². The lowest BCUT2D eigenvalue weighted by Gasteiger charge is -2.32. The van der Waals surface area contributed by atoms with Gasteiger partial charge in [0.25, 0.3) is 0 Å². The molecular weight excluding hydrogens is 707 g/mol. The summed E-state index contributed by atoms with van der Waals surface area (Å²) in [6, 6.07) is 34.6. The number of fused-ring (bicyclic) bond motifs is 7. The number of rotatable bonds is 5. The Morgan fingerprint density at radius 3 is 2.33 bits per heavy atom. The molecule has 4 aliphatic rings. The molecule has 58 heavy (non-hydrogen) atoms. The van der Waals surface area contributed by atoms with Crippen molar-refractivity contribution in [2.45, 2.75) is 45.4 Å². The van der Waals surface area contributed by atoms with Gasteiger partial charge in [-0.3, -0.25) is 0 Å². The molecule has 4 aliphatic carbocycles. The monoisotopic (exact) mass is 749 g/mol. The lowest BCUT2D eigenvalue weighted by Crippen LogP contribution is -2.20. The number of aromatic nitrogens is 3. The second kappa shape index (κ2) is 13.2. The first kappa shape index (κ1) is 34.6. The van der Waals surface area contributed by atoms with E-state index in [-0.39, 0.29) is 10.8 Å². The summed E-state index contributed by atoms with van der Waals surface area (Å²) in [5, 5.41) is 4.54. The van der Waals surface area contributed by atoms with Gasteiger partial charge in [0, 0.05) is 38.3 Å². The van der Waals surface area contributed by atoms with Crippen molar-refractivity contribution in [3.63, 3.8) is 0 Å². The van der Waals surface area contributed by atoms with E-state index in [2.05, 4.69) is 173 Å². The molecule has 0 amide bonds. The summed E-state index contributed by atoms with van der Waals surface area (Å²) in [4.78, 5) is 16.2. The summed E-state index contributed by atoms with van der Waals surface area (Å²) >= 11 is 0. The van der Waals surface area contributed by atoms with Crippen molar-refractivity contribution in [1.82, 2.24) is 15.0 Å². The molecule has 0 saturated carbocycles. The normalized spacial score (nSPS) is 22.2. The van der Waals surface area contributed by atoms with Gasteiger partial charge in [0.15, 0.2) is 17.5 Å². The van der Waals surface area contributed by atoms with Crippen molar-refractivity contribution in [2.75, 3.05) is 0 Å². The quantitative estimate of drug-likeness (QED) is 0.176. The average Bonchev–Trinajstić information content (AvgIpc) is 3.65. The number of para-hydroxylation sites is 1. The fourth-order valence-electron chi connectivity index (χ4n) is 9.40. The van der Waals surface area contributed by atoms with Gasteiger partial charge < -0.3 is 4.42 Å². The topological polar surface area (TPSA) is 51.8 Å². The second-order valence-electron chi connectivity index (χ2n) is 17.0. The van der Waals surface area contributed by atoms with Gasteiger partial charge in [-0.05, 0) is 99.7 Å². The molecule has 0 aliphatic heterocycles. The third-order valence-corrected chi connectivity index (χ3v) is 12.9. The minimum absolute atomic E-state index is 0.0531. The zero-order valence-electron chi connectivity index (χ0n) is 33.0. The lowest BCUT2D eigenvalue weighted by atomic mass is 9.73. The Labute approximate surface area is 339 Å². The van der Waals surface area contributed by atoms with Gasteiger partial charge in [0.2, 0.25) is 0 Å². The summed E-state index contributed by atoms with van der Waals surface area (Å²) in [5.74, 6) is 2.45. The molecule has 2 heterocycles. The molecule has 0 radical (unpaired) electrons. The maximum atomic E-state index is 6.54. The van der Waals surface area contributed by atoms with Crippen LogP contribution < -0.4 is 0 Å². The average molecular weight is 750 g/mol. The number of hydrogen-bond donors (Lipinski definition) is 0. The van der Waals surface area contributed by atoms with E-state index in [1.165, 1.54) is 33.0 Å². The summed E-state index contributed by atoms with van der Waals surface area (Å²) in [7, 11) is 0. The van der Waals surface area contributed by atoms with Crippen LogP contribution in [0, 0.1) is 11.3 Å². The molecule has 3 atom stereocenters. The van der Waals surface area contributed by atoms with Crippen LogP contribution in [0.25, 0.3) is 72.7 Å². The maximum absolute atomic E-state index is 6.54. The summed E-state index contributed by atoms with van der Waals surface area (Å²) < 4.78 is 6.54. The van der Waals surface area contributed by atoms with Crippen LogP contribution in [0.1, 0.15) is 61.7 Å². The van der Waals surface area contributed by atoms with Crippen molar-refractivity contribution < 1.29 is 4.42 Å². The Hall–Kier alpha value is -6.65. The minimum Gasteiger partial charge on any atom is -0.456 e. The molecule has 11 rings (SSSR count). The van der Waals surface area contributed by atoms with E-state index >= 15 is 0 Å². The van der Waals surface area contributed by atoms with Crippen LogP contribution in [0.3, 0.4) is 0 Å². The van der Waals surface area contributed by atoms with Crippen molar-refractivity contribution in [1.29, 1.82) is 0 Å². The highest BCUT2D eigenvalue weighted by atomic mass is 16.3. The van der Waals surface area contributed by atoms with Crippen LogP contribution in [-0.4, -0.2) is 15.0 Å². The second-order valence-corrected chi connectivity index (χ2v) is 17.0. The van der Waals surface area contributed by atoms with Gasteiger partial charge in [-0.15, -0.1) is 0 Å². The van der Waals surface area contributed by atoms with Crippen LogP contribution in [0.2, 0.25) is 0 Å². The number of benzene rings is 5. The molecule has 280 valence electrons. The molecular formula is C54H43N3O. The van der Waals surface area contributed by atoms with E-state index in [1.54, 1.807) is 0 Å². The van der Waals surface area contributed by atoms with E-state index in [9.17, 15) is 0 Å². The van der Waals surface area contributed by atoms with E-state index in [1.807, 2.05) is 12.1 Å². The lowest BCUT2D eigenvalue weighted by molar-refractivity contribution is 0.528. The molecule has 7 aromatic rings. The molecule has 2 aromatic heterocycles.